The van der Waals surface area contributed by atoms with Gasteiger partial charge in [0.05, 0.1) is 19.8 Å². The maximum absolute atomic E-state index is 14.1. The molecule has 1 atom stereocenters. The lowest BCUT2D eigenvalue weighted by Gasteiger charge is -2.21. The molecule has 13 heteroatoms. The van der Waals surface area contributed by atoms with Gasteiger partial charge in [0.15, 0.2) is 0 Å². The van der Waals surface area contributed by atoms with E-state index in [1.54, 1.807) is 0 Å². The molecule has 0 spiro atoms. The molecule has 0 aliphatic heterocycles. The Labute approximate surface area is 147 Å². The molecule has 0 aliphatic rings. The number of carbonyl (C=O) groups is 1. The predicted molar refractivity (Wildman–Crippen MR) is 82.0 cm³/mol. The number of halogens is 3. The third-order valence-corrected chi connectivity index (χ3v) is 3.64. The molecule has 0 aliphatic carbocycles. The zero-order chi connectivity index (χ0) is 19.4. The van der Waals surface area contributed by atoms with E-state index in [2.05, 4.69) is 15.0 Å². The van der Waals surface area contributed by atoms with Gasteiger partial charge in [0, 0.05) is 0 Å². The van der Waals surface area contributed by atoms with Crippen molar-refractivity contribution < 1.29 is 36.2 Å². The highest BCUT2D eigenvalue weighted by molar-refractivity contribution is 7.80. The first-order chi connectivity index (χ1) is 12.3. The third-order valence-electron chi connectivity index (χ3n) is 2.96. The van der Waals surface area contributed by atoms with E-state index in [4.69, 9.17) is 14.0 Å². The number of rotatable bonds is 7. The number of aromatic nitrogens is 3. The van der Waals surface area contributed by atoms with Crippen LogP contribution in [0.25, 0.3) is 0 Å². The van der Waals surface area contributed by atoms with Crippen LogP contribution in [0.4, 0.5) is 18.9 Å². The van der Waals surface area contributed by atoms with Crippen molar-refractivity contribution in [1.29, 1.82) is 0 Å². The molecule has 140 valence electrons. The first-order valence-electron chi connectivity index (χ1n) is 6.65. The molecular weight excluding hydrogens is 381 g/mol. The Hall–Kier alpha value is -2.80. The van der Waals surface area contributed by atoms with Gasteiger partial charge in [0.2, 0.25) is 11.6 Å². The predicted octanol–water partition coefficient (Wildman–Crippen LogP) is 1.42. The van der Waals surface area contributed by atoms with Crippen LogP contribution in [-0.2, 0) is 11.3 Å². The fourth-order valence-corrected chi connectivity index (χ4v) is 2.39. The fraction of sp³-hybridized carbons (Fsp3) is 0.231. The van der Waals surface area contributed by atoms with Gasteiger partial charge < -0.3 is 9.47 Å². The summed E-state index contributed by atoms with van der Waals surface area (Å²) >= 11 is -3.30. The third kappa shape index (κ3) is 3.88. The molecule has 0 bridgehead atoms. The summed E-state index contributed by atoms with van der Waals surface area (Å²) in [6.45, 7) is -3.56. The van der Waals surface area contributed by atoms with Gasteiger partial charge in [-0.1, -0.05) is 6.07 Å². The number of anilines is 1. The van der Waals surface area contributed by atoms with Crippen molar-refractivity contribution in [2.75, 3.05) is 18.5 Å². The monoisotopic (exact) mass is 392 g/mol. The van der Waals surface area contributed by atoms with Gasteiger partial charge in [-0.05, 0) is 12.1 Å². The average molecular weight is 392 g/mol. The number of hydrogen-bond donors (Lipinski definition) is 1. The number of para-hydroxylation sites is 1. The van der Waals surface area contributed by atoms with Crippen LogP contribution in [0.1, 0.15) is 16.2 Å². The van der Waals surface area contributed by atoms with E-state index in [-0.39, 0.29) is 12.0 Å². The summed E-state index contributed by atoms with van der Waals surface area (Å²) in [6, 6.07) is 2.17. The Morgan fingerprint density at radius 3 is 2.23 bits per heavy atom. The van der Waals surface area contributed by atoms with Crippen LogP contribution in [0.2, 0.25) is 0 Å². The Morgan fingerprint density at radius 2 is 1.77 bits per heavy atom. The molecule has 0 fully saturated rings. The Balaban J connectivity index is 2.64. The topological polar surface area (TPSA) is 115 Å². The number of carbonyl (C=O) groups excluding carboxylic acids is 1. The number of ketones is 1. The van der Waals surface area contributed by atoms with E-state index >= 15 is 0 Å². The number of alkyl halides is 2. The van der Waals surface area contributed by atoms with Gasteiger partial charge in [-0.2, -0.15) is 18.7 Å². The molecule has 2 rings (SSSR count). The number of hydrogen-bond acceptors (Lipinski definition) is 7. The summed E-state index contributed by atoms with van der Waals surface area (Å²) in [4.78, 5) is 23.6. The molecule has 0 amide bonds. The molecule has 1 aromatic heterocycles. The molecule has 26 heavy (non-hydrogen) atoms. The highest BCUT2D eigenvalue weighted by Gasteiger charge is 2.31. The van der Waals surface area contributed by atoms with Crippen LogP contribution >= 0.6 is 0 Å². The largest absolute Gasteiger partial charge is 0.467 e. The van der Waals surface area contributed by atoms with Crippen LogP contribution in [0.15, 0.2) is 18.2 Å². The van der Waals surface area contributed by atoms with Crippen LogP contribution in [0.3, 0.4) is 0 Å². The number of nitrogens with zero attached hydrogens (tertiary/aromatic N) is 4. The van der Waals surface area contributed by atoms with Crippen LogP contribution < -0.4 is 13.8 Å². The SMILES string of the molecule is COc1nc(OC)nc(C(=O)c2cccc(F)c2N(C(F)F)S(=O)O)n1. The van der Waals surface area contributed by atoms with Crippen molar-refractivity contribution in [3.05, 3.63) is 35.4 Å². The number of ether oxygens (including phenoxy) is 2. The summed E-state index contributed by atoms with van der Waals surface area (Å²) in [5.74, 6) is -3.03. The van der Waals surface area contributed by atoms with Gasteiger partial charge in [0.1, 0.15) is 11.5 Å². The smallest absolute Gasteiger partial charge is 0.328 e. The Bertz CT molecular complexity index is 832. The standard InChI is InChI=1S/C13H11F3N4O5S/c1-24-12-17-10(18-13(19-12)25-2)9(21)6-4-3-5-7(14)8(6)20(11(15)16)26(22)23/h3-5,11H,1-2H3,(H,22,23). The van der Waals surface area contributed by atoms with Gasteiger partial charge in [0.25, 0.3) is 11.3 Å². The highest BCUT2D eigenvalue weighted by Crippen LogP contribution is 2.30. The lowest BCUT2D eigenvalue weighted by atomic mass is 10.1. The molecule has 0 saturated heterocycles. The van der Waals surface area contributed by atoms with Crippen molar-refractivity contribution in [3.63, 3.8) is 0 Å². The summed E-state index contributed by atoms with van der Waals surface area (Å²) in [5.41, 5.74) is -1.74. The lowest BCUT2D eigenvalue weighted by molar-refractivity contribution is 0.102. The Kier molecular flexibility index (Phi) is 6.05. The normalized spacial score (nSPS) is 12.0. The van der Waals surface area contributed by atoms with E-state index in [0.29, 0.717) is 0 Å². The van der Waals surface area contributed by atoms with Crippen molar-refractivity contribution >= 4 is 22.7 Å². The van der Waals surface area contributed by atoms with E-state index in [0.717, 1.165) is 18.2 Å². The lowest BCUT2D eigenvalue weighted by Crippen LogP contribution is -2.33. The number of benzene rings is 1. The quantitative estimate of drug-likeness (QED) is 0.428. The minimum Gasteiger partial charge on any atom is -0.467 e. The van der Waals surface area contributed by atoms with Crippen molar-refractivity contribution in [3.8, 4) is 12.0 Å². The molecule has 1 aromatic carbocycles. The second kappa shape index (κ2) is 8.05. The van der Waals surface area contributed by atoms with E-state index in [1.807, 2.05) is 0 Å². The molecule has 0 radical (unpaired) electrons. The van der Waals surface area contributed by atoms with Crippen molar-refractivity contribution in [2.45, 2.75) is 6.55 Å². The zero-order valence-electron chi connectivity index (χ0n) is 13.2. The van der Waals surface area contributed by atoms with Crippen molar-refractivity contribution in [1.82, 2.24) is 15.0 Å². The summed E-state index contributed by atoms with van der Waals surface area (Å²) < 4.78 is 69.7. The van der Waals surface area contributed by atoms with Gasteiger partial charge in [-0.25, -0.2) is 12.9 Å². The minimum absolute atomic E-state index is 0.311. The second-order valence-corrected chi connectivity index (χ2v) is 5.29. The molecule has 9 nitrogen and oxygen atoms in total. The first-order valence-corrected chi connectivity index (χ1v) is 7.72. The first kappa shape index (κ1) is 19.5. The number of methoxy groups -OCH3 is 2. The van der Waals surface area contributed by atoms with Crippen LogP contribution in [0.5, 0.6) is 12.0 Å². The summed E-state index contributed by atoms with van der Waals surface area (Å²) in [6.07, 6.45) is 0. The average Bonchev–Trinajstić information content (AvgIpc) is 2.61. The highest BCUT2D eigenvalue weighted by atomic mass is 32.2. The fourth-order valence-electron chi connectivity index (χ4n) is 1.91. The second-order valence-electron chi connectivity index (χ2n) is 4.43. The van der Waals surface area contributed by atoms with Crippen LogP contribution in [-0.4, -0.2) is 50.3 Å². The van der Waals surface area contributed by atoms with E-state index < -0.39 is 50.8 Å². The molecule has 0 saturated carbocycles. The Morgan fingerprint density at radius 1 is 1.19 bits per heavy atom. The molecule has 1 N–H and O–H groups in total. The summed E-state index contributed by atoms with van der Waals surface area (Å²) in [5, 5.41) is 0. The van der Waals surface area contributed by atoms with Gasteiger partial charge in [-0.3, -0.25) is 9.35 Å². The van der Waals surface area contributed by atoms with E-state index in [9.17, 15) is 22.2 Å². The van der Waals surface area contributed by atoms with Crippen molar-refractivity contribution in [2.24, 2.45) is 0 Å². The summed E-state index contributed by atoms with van der Waals surface area (Å²) in [7, 11) is 2.40. The maximum Gasteiger partial charge on any atom is 0.328 e. The molecule has 2 aromatic rings. The minimum atomic E-state index is -3.56. The molecule has 1 heterocycles. The molecule has 1 unspecified atom stereocenters. The van der Waals surface area contributed by atoms with E-state index in [1.165, 1.54) is 14.2 Å². The van der Waals surface area contributed by atoms with Crippen LogP contribution in [0, 0.1) is 5.82 Å². The molecular formula is C13H11F3N4O5S. The zero-order valence-corrected chi connectivity index (χ0v) is 14.0. The van der Waals surface area contributed by atoms with Gasteiger partial charge >= 0.3 is 18.6 Å². The maximum atomic E-state index is 14.1. The van der Waals surface area contributed by atoms with Gasteiger partial charge in [-0.15, -0.1) is 4.98 Å².